The van der Waals surface area contributed by atoms with Crippen LogP contribution in [0.1, 0.15) is 12.5 Å². The molecule has 0 spiro atoms. The van der Waals surface area contributed by atoms with Gasteiger partial charge in [0.2, 0.25) is 6.29 Å². The normalized spacial score (nSPS) is 36.4. The highest BCUT2D eigenvalue weighted by Gasteiger charge is 2.43. The first kappa shape index (κ1) is 13.3. The van der Waals surface area contributed by atoms with Crippen LogP contribution in [0, 0.1) is 6.92 Å². The van der Waals surface area contributed by atoms with Crippen LogP contribution in [0.15, 0.2) is 24.3 Å². The number of ether oxygens (including phenoxy) is 2. The molecular weight excluding hydrogens is 236 g/mol. The zero-order valence-corrected chi connectivity index (χ0v) is 10.1. The molecule has 0 unspecified atom stereocenters. The average molecular weight is 253 g/mol. The van der Waals surface area contributed by atoms with Crippen LogP contribution in [0.5, 0.6) is 5.75 Å². The highest BCUT2D eigenvalue weighted by molar-refractivity contribution is 5.35. The van der Waals surface area contributed by atoms with Crippen molar-refractivity contribution in [2.75, 3.05) is 0 Å². The fourth-order valence-electron chi connectivity index (χ4n) is 1.85. The monoisotopic (exact) mass is 253 g/mol. The summed E-state index contributed by atoms with van der Waals surface area (Å²) in [6.45, 7) is 5.39. The van der Waals surface area contributed by atoms with Crippen LogP contribution in [0.3, 0.4) is 0 Å². The number of aliphatic hydroxyl groups is 3. The minimum atomic E-state index is -1.31. The second-order valence-corrected chi connectivity index (χ2v) is 4.41. The second-order valence-electron chi connectivity index (χ2n) is 4.41. The maximum absolute atomic E-state index is 9.80. The number of hydrogen-bond acceptors (Lipinski definition) is 5. The summed E-state index contributed by atoms with van der Waals surface area (Å²) < 4.78 is 10.8. The molecule has 1 aromatic carbocycles. The number of rotatable bonds is 2. The van der Waals surface area contributed by atoms with Gasteiger partial charge in [-0.15, -0.1) is 0 Å². The van der Waals surface area contributed by atoms with Crippen LogP contribution < -0.4 is 4.74 Å². The smallest absolute Gasteiger partial charge is 0.229 e. The second kappa shape index (κ2) is 5.24. The van der Waals surface area contributed by atoms with E-state index in [2.05, 4.69) is 6.92 Å². The molecular formula is C13H17O5. The molecule has 1 saturated heterocycles. The first-order chi connectivity index (χ1) is 8.50. The molecule has 0 aromatic heterocycles. The molecule has 3 N–H and O–H groups in total. The lowest BCUT2D eigenvalue weighted by atomic mass is 10.00. The van der Waals surface area contributed by atoms with Crippen molar-refractivity contribution in [3.8, 4) is 5.75 Å². The first-order valence-corrected chi connectivity index (χ1v) is 5.78. The van der Waals surface area contributed by atoms with Crippen molar-refractivity contribution >= 4 is 0 Å². The van der Waals surface area contributed by atoms with Crippen LogP contribution in [0.4, 0.5) is 0 Å². The number of aliphatic hydroxyl groups excluding tert-OH is 3. The van der Waals surface area contributed by atoms with E-state index in [4.69, 9.17) is 9.47 Å². The van der Waals surface area contributed by atoms with Crippen molar-refractivity contribution in [1.29, 1.82) is 0 Å². The maximum Gasteiger partial charge on any atom is 0.229 e. The highest BCUT2D eigenvalue weighted by atomic mass is 16.7. The van der Waals surface area contributed by atoms with Crippen molar-refractivity contribution in [2.45, 2.75) is 37.6 Å². The minimum absolute atomic E-state index is 0.470. The molecule has 1 fully saturated rings. The summed E-state index contributed by atoms with van der Waals surface area (Å²) in [5.41, 5.74) is 0.654. The molecule has 5 atom stereocenters. The number of hydrogen-bond donors (Lipinski definition) is 3. The van der Waals surface area contributed by atoms with Gasteiger partial charge in [0.25, 0.3) is 0 Å². The fraction of sp³-hybridized carbons (Fsp3) is 0.462. The van der Waals surface area contributed by atoms with E-state index in [9.17, 15) is 15.3 Å². The molecule has 0 amide bonds. The van der Waals surface area contributed by atoms with Gasteiger partial charge in [0, 0.05) is 0 Å². The van der Waals surface area contributed by atoms with Crippen molar-refractivity contribution in [1.82, 2.24) is 0 Å². The van der Waals surface area contributed by atoms with Crippen molar-refractivity contribution < 1.29 is 24.8 Å². The molecule has 0 bridgehead atoms. The Balaban J connectivity index is 2.12. The molecule has 1 aliphatic rings. The summed E-state index contributed by atoms with van der Waals surface area (Å²) in [5, 5.41) is 29.0. The Morgan fingerprint density at radius 1 is 1.11 bits per heavy atom. The summed E-state index contributed by atoms with van der Waals surface area (Å²) >= 11 is 0. The zero-order valence-electron chi connectivity index (χ0n) is 10.1. The van der Waals surface area contributed by atoms with Crippen LogP contribution in [0.25, 0.3) is 0 Å². The molecule has 5 nitrogen and oxygen atoms in total. The van der Waals surface area contributed by atoms with Gasteiger partial charge in [0.1, 0.15) is 24.1 Å². The van der Waals surface area contributed by atoms with Gasteiger partial charge in [0.05, 0.1) is 6.10 Å². The van der Waals surface area contributed by atoms with Gasteiger partial charge >= 0.3 is 0 Å². The fourth-order valence-corrected chi connectivity index (χ4v) is 1.85. The predicted molar refractivity (Wildman–Crippen MR) is 63.9 cm³/mol. The van der Waals surface area contributed by atoms with Crippen LogP contribution in [-0.2, 0) is 4.74 Å². The van der Waals surface area contributed by atoms with Gasteiger partial charge in [-0.3, -0.25) is 0 Å². The van der Waals surface area contributed by atoms with Gasteiger partial charge < -0.3 is 24.8 Å². The van der Waals surface area contributed by atoms with Gasteiger partial charge in [-0.1, -0.05) is 18.2 Å². The lowest BCUT2D eigenvalue weighted by Crippen LogP contribution is -2.58. The lowest BCUT2D eigenvalue weighted by molar-refractivity contribution is -0.268. The summed E-state index contributed by atoms with van der Waals surface area (Å²) in [6, 6.07) is 7.04. The third-order valence-corrected chi connectivity index (χ3v) is 3.02. The first-order valence-electron chi connectivity index (χ1n) is 5.78. The van der Waals surface area contributed by atoms with E-state index < -0.39 is 30.7 Å². The quantitative estimate of drug-likeness (QED) is 0.695. The largest absolute Gasteiger partial charge is 0.462 e. The van der Waals surface area contributed by atoms with Crippen LogP contribution in [0.2, 0.25) is 0 Å². The number of para-hydroxylation sites is 1. The van der Waals surface area contributed by atoms with Gasteiger partial charge in [-0.05, 0) is 25.5 Å². The summed E-state index contributed by atoms with van der Waals surface area (Å²) in [4.78, 5) is 0. The van der Waals surface area contributed by atoms with Crippen molar-refractivity contribution in [3.63, 3.8) is 0 Å². The Bertz CT molecular complexity index is 408. The molecule has 99 valence electrons. The van der Waals surface area contributed by atoms with Gasteiger partial charge in [-0.25, -0.2) is 0 Å². The average Bonchev–Trinajstić information content (AvgIpc) is 2.36. The molecule has 1 aromatic rings. The van der Waals surface area contributed by atoms with Gasteiger partial charge in [0.15, 0.2) is 0 Å². The molecule has 5 heteroatoms. The standard InChI is InChI=1S/C13H17O5/c1-7-5-3-4-6-9(7)18-13-12(16)11(15)10(14)8(2)17-13/h3-6,8,10-16H,1H2,2H3/t8-,10-,11+,12+,13-/m0/s1. The van der Waals surface area contributed by atoms with E-state index in [1.807, 2.05) is 6.07 Å². The Labute approximate surface area is 106 Å². The minimum Gasteiger partial charge on any atom is -0.462 e. The zero-order chi connectivity index (χ0) is 13.3. The Morgan fingerprint density at radius 2 is 1.78 bits per heavy atom. The van der Waals surface area contributed by atoms with E-state index >= 15 is 0 Å². The Kier molecular flexibility index (Phi) is 3.87. The van der Waals surface area contributed by atoms with Crippen molar-refractivity contribution in [3.05, 3.63) is 36.8 Å². The molecule has 1 aliphatic heterocycles. The van der Waals surface area contributed by atoms with Crippen molar-refractivity contribution in [2.24, 2.45) is 0 Å². The number of benzene rings is 1. The van der Waals surface area contributed by atoms with Gasteiger partial charge in [-0.2, -0.15) is 0 Å². The molecule has 1 radical (unpaired) electrons. The third kappa shape index (κ3) is 2.49. The summed E-state index contributed by atoms with van der Waals surface area (Å²) in [7, 11) is 0. The summed E-state index contributed by atoms with van der Waals surface area (Å²) in [5.74, 6) is 0.470. The predicted octanol–water partition coefficient (Wildman–Crippen LogP) is 0.0751. The molecule has 2 rings (SSSR count). The molecule has 0 saturated carbocycles. The van der Waals surface area contributed by atoms with E-state index in [0.717, 1.165) is 0 Å². The Hall–Kier alpha value is -1.14. The molecule has 1 heterocycles. The maximum atomic E-state index is 9.80. The topological polar surface area (TPSA) is 79.2 Å². The van der Waals surface area contributed by atoms with E-state index in [1.54, 1.807) is 25.1 Å². The van der Waals surface area contributed by atoms with E-state index in [0.29, 0.717) is 11.3 Å². The highest BCUT2D eigenvalue weighted by Crippen LogP contribution is 2.25. The SMILES string of the molecule is [CH2]c1ccccc1O[C@@H]1O[C@@H](C)[C@H](O)[C@@H](O)[C@H]1O. The third-order valence-electron chi connectivity index (χ3n) is 3.02. The lowest BCUT2D eigenvalue weighted by Gasteiger charge is -2.39. The Morgan fingerprint density at radius 3 is 2.44 bits per heavy atom. The van der Waals surface area contributed by atoms with Crippen LogP contribution in [-0.4, -0.2) is 46.0 Å². The van der Waals surface area contributed by atoms with E-state index in [-0.39, 0.29) is 0 Å². The molecule has 0 aliphatic carbocycles. The molecule has 18 heavy (non-hydrogen) atoms. The van der Waals surface area contributed by atoms with E-state index in [1.165, 1.54) is 0 Å². The summed E-state index contributed by atoms with van der Waals surface area (Å²) in [6.07, 6.45) is -5.38. The van der Waals surface area contributed by atoms with Crippen LogP contribution >= 0.6 is 0 Å².